The Morgan fingerprint density at radius 1 is 1.04 bits per heavy atom. The number of amides is 1. The molecule has 2 aromatic rings. The first-order valence-corrected chi connectivity index (χ1v) is 9.27. The number of aliphatic imine (C=N–C) groups is 1. The number of benzene rings is 2. The molecule has 0 aliphatic rings. The van der Waals surface area contributed by atoms with Gasteiger partial charge < -0.3 is 16.0 Å². The predicted octanol–water partition coefficient (Wildman–Crippen LogP) is 3.62. The van der Waals surface area contributed by atoms with Gasteiger partial charge >= 0.3 is 0 Å². The van der Waals surface area contributed by atoms with E-state index in [0.29, 0.717) is 36.2 Å². The van der Waals surface area contributed by atoms with Gasteiger partial charge in [0.25, 0.3) is 5.91 Å². The fourth-order valence-corrected chi connectivity index (χ4v) is 2.61. The van der Waals surface area contributed by atoms with Gasteiger partial charge in [-0.25, -0.2) is 4.39 Å². The van der Waals surface area contributed by atoms with Crippen molar-refractivity contribution in [3.05, 3.63) is 70.5 Å². The molecule has 5 nitrogen and oxygen atoms in total. The lowest BCUT2D eigenvalue weighted by molar-refractivity contribution is 0.0954. The molecule has 0 atom stereocenters. The van der Waals surface area contributed by atoms with Crippen molar-refractivity contribution in [2.45, 2.75) is 13.3 Å². The van der Waals surface area contributed by atoms with Crippen molar-refractivity contribution in [3.8, 4) is 0 Å². The number of carbonyl (C=O) groups excluding carboxylic acids is 1. The minimum Gasteiger partial charge on any atom is -0.357 e. The van der Waals surface area contributed by atoms with Gasteiger partial charge in [0.15, 0.2) is 5.96 Å². The normalized spacial score (nSPS) is 10.8. The first-order valence-electron chi connectivity index (χ1n) is 8.89. The molecule has 152 valence electrons. The van der Waals surface area contributed by atoms with Crippen molar-refractivity contribution in [3.63, 3.8) is 0 Å². The summed E-state index contributed by atoms with van der Waals surface area (Å²) in [6.45, 7) is 4.25. The predicted molar refractivity (Wildman–Crippen MR) is 123 cm³/mol. The van der Waals surface area contributed by atoms with Gasteiger partial charge in [0, 0.05) is 26.2 Å². The number of guanidine groups is 1. The Labute approximate surface area is 187 Å². The van der Waals surface area contributed by atoms with Gasteiger partial charge in [0.1, 0.15) is 5.82 Å². The molecule has 0 aliphatic heterocycles. The Kier molecular flexibility index (Phi) is 11.5. The molecule has 0 saturated carbocycles. The SMILES string of the molecule is CCNC(=NCCc1ccc(F)cc1)NCCNC(=O)c1ccccc1Cl.I. The van der Waals surface area contributed by atoms with E-state index >= 15 is 0 Å². The van der Waals surface area contributed by atoms with Gasteiger partial charge in [0.05, 0.1) is 10.6 Å². The Morgan fingerprint density at radius 3 is 2.39 bits per heavy atom. The van der Waals surface area contributed by atoms with E-state index < -0.39 is 0 Å². The van der Waals surface area contributed by atoms with Crippen LogP contribution in [-0.2, 0) is 6.42 Å². The molecule has 2 rings (SSSR count). The summed E-state index contributed by atoms with van der Waals surface area (Å²) in [6, 6.07) is 13.3. The van der Waals surface area contributed by atoms with Crippen LogP contribution >= 0.6 is 35.6 Å². The van der Waals surface area contributed by atoms with Crippen molar-refractivity contribution in [1.29, 1.82) is 0 Å². The van der Waals surface area contributed by atoms with Gasteiger partial charge in [0.2, 0.25) is 0 Å². The number of nitrogens with zero attached hydrogens (tertiary/aromatic N) is 1. The molecule has 0 spiro atoms. The van der Waals surface area contributed by atoms with E-state index in [0.717, 1.165) is 18.5 Å². The fraction of sp³-hybridized carbons (Fsp3) is 0.300. The topological polar surface area (TPSA) is 65.5 Å². The van der Waals surface area contributed by atoms with Crippen LogP contribution in [-0.4, -0.2) is 38.0 Å². The van der Waals surface area contributed by atoms with Crippen LogP contribution in [0.5, 0.6) is 0 Å². The molecule has 1 amide bonds. The van der Waals surface area contributed by atoms with Crippen LogP contribution < -0.4 is 16.0 Å². The van der Waals surface area contributed by atoms with E-state index in [-0.39, 0.29) is 35.7 Å². The molecular formula is C20H25ClFIN4O. The molecule has 0 heterocycles. The summed E-state index contributed by atoms with van der Waals surface area (Å²) in [4.78, 5) is 16.6. The summed E-state index contributed by atoms with van der Waals surface area (Å²) in [7, 11) is 0. The Morgan fingerprint density at radius 2 is 1.71 bits per heavy atom. The van der Waals surface area contributed by atoms with E-state index in [2.05, 4.69) is 20.9 Å². The quantitative estimate of drug-likeness (QED) is 0.216. The van der Waals surface area contributed by atoms with Crippen LogP contribution in [0.4, 0.5) is 4.39 Å². The fourth-order valence-electron chi connectivity index (χ4n) is 2.39. The van der Waals surface area contributed by atoms with Crippen molar-refractivity contribution in [1.82, 2.24) is 16.0 Å². The first kappa shape index (κ1) is 24.2. The zero-order chi connectivity index (χ0) is 19.5. The molecule has 0 aromatic heterocycles. The summed E-state index contributed by atoms with van der Waals surface area (Å²) in [5.41, 5.74) is 1.49. The van der Waals surface area contributed by atoms with Crippen molar-refractivity contribution >= 4 is 47.4 Å². The summed E-state index contributed by atoms with van der Waals surface area (Å²) in [5.74, 6) is 0.225. The molecule has 0 radical (unpaired) electrons. The smallest absolute Gasteiger partial charge is 0.252 e. The number of hydrogen-bond acceptors (Lipinski definition) is 2. The Bertz CT molecular complexity index is 771. The minimum absolute atomic E-state index is 0. The average Bonchev–Trinajstić information content (AvgIpc) is 2.67. The zero-order valence-corrected chi connectivity index (χ0v) is 18.8. The monoisotopic (exact) mass is 518 g/mol. The van der Waals surface area contributed by atoms with Crippen molar-refractivity contribution < 1.29 is 9.18 Å². The first-order chi connectivity index (χ1) is 13.1. The van der Waals surface area contributed by atoms with Crippen LogP contribution in [0.3, 0.4) is 0 Å². The molecular weight excluding hydrogens is 494 g/mol. The summed E-state index contributed by atoms with van der Waals surface area (Å²) in [5, 5.41) is 9.57. The summed E-state index contributed by atoms with van der Waals surface area (Å²) in [6.07, 6.45) is 0.722. The van der Waals surface area contributed by atoms with Crippen LogP contribution in [0.1, 0.15) is 22.8 Å². The van der Waals surface area contributed by atoms with Crippen LogP contribution in [0, 0.1) is 5.82 Å². The summed E-state index contributed by atoms with van der Waals surface area (Å²) >= 11 is 6.01. The van der Waals surface area contributed by atoms with Crippen LogP contribution in [0.2, 0.25) is 5.02 Å². The van der Waals surface area contributed by atoms with Crippen molar-refractivity contribution in [2.24, 2.45) is 4.99 Å². The zero-order valence-electron chi connectivity index (χ0n) is 15.7. The lowest BCUT2D eigenvalue weighted by atomic mass is 10.1. The van der Waals surface area contributed by atoms with Gasteiger partial charge in [-0.3, -0.25) is 9.79 Å². The maximum Gasteiger partial charge on any atom is 0.252 e. The van der Waals surface area contributed by atoms with Gasteiger partial charge in [-0.2, -0.15) is 0 Å². The van der Waals surface area contributed by atoms with E-state index in [1.165, 1.54) is 12.1 Å². The maximum atomic E-state index is 12.9. The van der Waals surface area contributed by atoms with Crippen LogP contribution in [0.15, 0.2) is 53.5 Å². The number of halogens is 3. The third kappa shape index (κ3) is 8.43. The highest BCUT2D eigenvalue weighted by Gasteiger charge is 2.08. The van der Waals surface area contributed by atoms with Crippen molar-refractivity contribution in [2.75, 3.05) is 26.2 Å². The van der Waals surface area contributed by atoms with E-state index in [9.17, 15) is 9.18 Å². The minimum atomic E-state index is -0.240. The highest BCUT2D eigenvalue weighted by molar-refractivity contribution is 14.0. The highest BCUT2D eigenvalue weighted by Crippen LogP contribution is 2.14. The third-order valence-electron chi connectivity index (χ3n) is 3.75. The second-order valence-corrected chi connectivity index (χ2v) is 6.21. The highest BCUT2D eigenvalue weighted by atomic mass is 127. The number of carbonyl (C=O) groups is 1. The van der Waals surface area contributed by atoms with E-state index in [1.54, 1.807) is 36.4 Å². The second-order valence-electron chi connectivity index (χ2n) is 5.80. The van der Waals surface area contributed by atoms with E-state index in [1.807, 2.05) is 6.92 Å². The maximum absolute atomic E-state index is 12.9. The molecule has 0 unspecified atom stereocenters. The molecule has 0 aliphatic carbocycles. The lowest BCUT2D eigenvalue weighted by Crippen LogP contribution is -2.41. The van der Waals surface area contributed by atoms with E-state index in [4.69, 9.17) is 11.6 Å². The number of nitrogens with one attached hydrogen (secondary N) is 3. The Balaban J connectivity index is 0.00000392. The third-order valence-corrected chi connectivity index (χ3v) is 4.08. The van der Waals surface area contributed by atoms with Gasteiger partial charge in [-0.1, -0.05) is 35.9 Å². The molecule has 28 heavy (non-hydrogen) atoms. The number of rotatable bonds is 8. The Hall–Kier alpha value is -1.87. The van der Waals surface area contributed by atoms with Gasteiger partial charge in [-0.05, 0) is 43.2 Å². The molecule has 0 saturated heterocycles. The molecule has 2 aromatic carbocycles. The number of hydrogen-bond donors (Lipinski definition) is 3. The largest absolute Gasteiger partial charge is 0.357 e. The average molecular weight is 519 g/mol. The summed E-state index contributed by atoms with van der Waals surface area (Å²) < 4.78 is 12.9. The molecule has 8 heteroatoms. The molecule has 3 N–H and O–H groups in total. The van der Waals surface area contributed by atoms with Crippen LogP contribution in [0.25, 0.3) is 0 Å². The van der Waals surface area contributed by atoms with Gasteiger partial charge in [-0.15, -0.1) is 24.0 Å². The lowest BCUT2D eigenvalue weighted by Gasteiger charge is -2.12. The second kappa shape index (κ2) is 13.3. The molecule has 0 fully saturated rings. The standard InChI is InChI=1S/C20H24ClFN4O.HI/c1-2-23-20(25-12-11-15-7-9-16(22)10-8-15)26-14-13-24-19(27)17-5-3-4-6-18(17)21;/h3-10H,2,11-14H2,1H3,(H,24,27)(H2,23,25,26);1H. The molecule has 0 bridgehead atoms.